The van der Waals surface area contributed by atoms with Crippen molar-refractivity contribution in [2.24, 2.45) is 0 Å². The van der Waals surface area contributed by atoms with Crippen LogP contribution in [0.4, 0.5) is 17.6 Å². The number of nitrogens with zero attached hydrogens (tertiary/aromatic N) is 3. The van der Waals surface area contributed by atoms with E-state index in [0.29, 0.717) is 4.57 Å². The summed E-state index contributed by atoms with van der Waals surface area (Å²) in [5.41, 5.74) is -0.388. The fraction of sp³-hybridized carbons (Fsp3) is 0.250. The van der Waals surface area contributed by atoms with Crippen LogP contribution in [0.25, 0.3) is 5.69 Å². The van der Waals surface area contributed by atoms with E-state index >= 15 is 4.39 Å². The third kappa shape index (κ3) is 4.11. The van der Waals surface area contributed by atoms with E-state index in [1.165, 1.54) is 31.4 Å². The summed E-state index contributed by atoms with van der Waals surface area (Å²) in [6.45, 7) is 0. The van der Waals surface area contributed by atoms with Gasteiger partial charge in [0.05, 0.1) is 24.2 Å². The molecule has 4 rings (SSSR count). The smallest absolute Gasteiger partial charge is 0.452 e. The summed E-state index contributed by atoms with van der Waals surface area (Å²) >= 11 is 12.4. The van der Waals surface area contributed by atoms with Gasteiger partial charge in [-0.1, -0.05) is 23.2 Å². The Kier molecular flexibility index (Phi) is 5.97. The van der Waals surface area contributed by atoms with E-state index in [0.717, 1.165) is 6.07 Å². The number of hydrogen-bond acceptors (Lipinski definition) is 5. The number of fused-ring (bicyclic) bond motifs is 3. The van der Waals surface area contributed by atoms with Crippen LogP contribution in [0.2, 0.25) is 10.0 Å². The molecule has 1 aliphatic heterocycles. The van der Waals surface area contributed by atoms with Gasteiger partial charge in [-0.2, -0.15) is 13.2 Å². The zero-order valence-electron chi connectivity index (χ0n) is 16.5. The maximum Gasteiger partial charge on any atom is 0.452 e. The zero-order chi connectivity index (χ0) is 24.1. The molecule has 0 amide bonds. The van der Waals surface area contributed by atoms with Crippen molar-refractivity contribution in [1.82, 2.24) is 14.8 Å². The van der Waals surface area contributed by atoms with E-state index in [1.54, 1.807) is 0 Å². The third-order valence-electron chi connectivity index (χ3n) is 4.98. The number of carboxylic acid groups (broad SMARTS) is 1. The quantitative estimate of drug-likeness (QED) is 0.479. The molecule has 174 valence electrons. The van der Waals surface area contributed by atoms with Crippen LogP contribution in [0.3, 0.4) is 0 Å². The lowest BCUT2D eigenvalue weighted by atomic mass is 9.98. The molecule has 0 saturated heterocycles. The monoisotopic (exact) mass is 505 g/mol. The van der Waals surface area contributed by atoms with Gasteiger partial charge >= 0.3 is 12.1 Å². The average Bonchev–Trinajstić information content (AvgIpc) is 3.13. The van der Waals surface area contributed by atoms with Gasteiger partial charge in [-0.3, -0.25) is 9.36 Å². The predicted octanol–water partition coefficient (Wildman–Crippen LogP) is 5.38. The van der Waals surface area contributed by atoms with Crippen molar-refractivity contribution in [1.29, 1.82) is 0 Å². The molecule has 7 nitrogen and oxygen atoms in total. The molecule has 0 saturated carbocycles. The second-order valence-corrected chi connectivity index (χ2v) is 7.81. The largest absolute Gasteiger partial charge is 0.495 e. The molecule has 2 atom stereocenters. The molecule has 1 N–H and O–H groups in total. The Morgan fingerprint density at radius 3 is 2.61 bits per heavy atom. The molecule has 0 unspecified atom stereocenters. The van der Waals surface area contributed by atoms with Crippen LogP contribution in [0.1, 0.15) is 41.4 Å². The minimum absolute atomic E-state index is 0.00371. The van der Waals surface area contributed by atoms with E-state index in [-0.39, 0.29) is 32.6 Å². The standard InChI is InChI=1S/C20H13Cl2F4N3O4/c1-32-12-5-3-10(23)15(16(12)22)17-9-6-8(21)2-4-11(9)29-18(13(33-17)7-14(30)31)27-28-19(29)20(24,25)26/h2-6,13,17H,7H2,1H3,(H,30,31)/t13-,17+/m1/s1. The average molecular weight is 506 g/mol. The van der Waals surface area contributed by atoms with Crippen LogP contribution in [0.5, 0.6) is 5.75 Å². The minimum atomic E-state index is -4.94. The van der Waals surface area contributed by atoms with Gasteiger partial charge in [0.2, 0.25) is 5.82 Å². The first-order valence-electron chi connectivity index (χ1n) is 9.24. The van der Waals surface area contributed by atoms with Crippen molar-refractivity contribution < 1.29 is 36.9 Å². The SMILES string of the molecule is COc1ccc(F)c([C@H]2O[C@H](CC(=O)O)c3nnc(C(F)(F)F)n3-c3ccc(Cl)cc32)c1Cl. The highest BCUT2D eigenvalue weighted by molar-refractivity contribution is 6.33. The van der Waals surface area contributed by atoms with Gasteiger partial charge in [0, 0.05) is 16.1 Å². The van der Waals surface area contributed by atoms with Crippen molar-refractivity contribution in [2.45, 2.75) is 24.8 Å². The number of alkyl halides is 3. The number of halogens is 6. The van der Waals surface area contributed by atoms with Crippen molar-refractivity contribution in [3.05, 3.63) is 69.0 Å². The van der Waals surface area contributed by atoms with E-state index < -0.39 is 48.2 Å². The number of hydrogen-bond donors (Lipinski definition) is 1. The highest BCUT2D eigenvalue weighted by atomic mass is 35.5. The Morgan fingerprint density at radius 1 is 1.24 bits per heavy atom. The second kappa shape index (κ2) is 8.47. The molecule has 33 heavy (non-hydrogen) atoms. The Bertz CT molecular complexity index is 1250. The number of methoxy groups -OCH3 is 1. The lowest BCUT2D eigenvalue weighted by Crippen LogP contribution is -2.17. The van der Waals surface area contributed by atoms with Crippen LogP contribution < -0.4 is 4.74 Å². The number of ether oxygens (including phenoxy) is 2. The molecule has 1 aromatic heterocycles. The van der Waals surface area contributed by atoms with E-state index in [2.05, 4.69) is 10.2 Å². The van der Waals surface area contributed by atoms with Gasteiger partial charge in [-0.25, -0.2) is 4.39 Å². The van der Waals surface area contributed by atoms with E-state index in [9.17, 15) is 23.1 Å². The lowest BCUT2D eigenvalue weighted by Gasteiger charge is -2.24. The maximum atomic E-state index is 15.0. The molecule has 0 radical (unpaired) electrons. The van der Waals surface area contributed by atoms with Crippen LogP contribution in [0, 0.1) is 5.82 Å². The zero-order valence-corrected chi connectivity index (χ0v) is 18.0. The molecule has 0 aliphatic carbocycles. The Hall–Kier alpha value is -2.89. The molecule has 2 heterocycles. The number of aliphatic carboxylic acids is 1. The maximum absolute atomic E-state index is 15.0. The van der Waals surface area contributed by atoms with Crippen LogP contribution in [-0.2, 0) is 15.7 Å². The molecule has 0 spiro atoms. The summed E-state index contributed by atoms with van der Waals surface area (Å²) < 4.78 is 67.9. The lowest BCUT2D eigenvalue weighted by molar-refractivity contribution is -0.146. The van der Waals surface area contributed by atoms with Crippen molar-refractivity contribution in [3.8, 4) is 11.4 Å². The fourth-order valence-corrected chi connectivity index (χ4v) is 4.14. The number of rotatable bonds is 4. The normalized spacial score (nSPS) is 17.8. The molecule has 1 aliphatic rings. The summed E-state index contributed by atoms with van der Waals surface area (Å²) in [4.78, 5) is 11.5. The van der Waals surface area contributed by atoms with Crippen LogP contribution >= 0.6 is 23.2 Å². The Balaban J connectivity index is 2.06. The van der Waals surface area contributed by atoms with Crippen molar-refractivity contribution in [2.75, 3.05) is 7.11 Å². The molecular weight excluding hydrogens is 493 g/mol. The summed E-state index contributed by atoms with van der Waals surface area (Å²) in [5.74, 6) is -3.98. The Morgan fingerprint density at radius 2 is 1.97 bits per heavy atom. The first kappa shape index (κ1) is 23.3. The molecule has 3 aromatic rings. The van der Waals surface area contributed by atoms with Crippen LogP contribution in [0.15, 0.2) is 30.3 Å². The van der Waals surface area contributed by atoms with Crippen molar-refractivity contribution in [3.63, 3.8) is 0 Å². The number of carboxylic acids is 1. The topological polar surface area (TPSA) is 86.5 Å². The molecule has 13 heteroatoms. The van der Waals surface area contributed by atoms with Gasteiger partial charge in [-0.15, -0.1) is 10.2 Å². The van der Waals surface area contributed by atoms with Gasteiger partial charge < -0.3 is 14.6 Å². The summed E-state index contributed by atoms with van der Waals surface area (Å²) in [6.07, 6.45) is -8.70. The molecule has 0 fully saturated rings. The highest BCUT2D eigenvalue weighted by Gasteiger charge is 2.44. The van der Waals surface area contributed by atoms with Gasteiger partial charge in [0.25, 0.3) is 0 Å². The van der Waals surface area contributed by atoms with E-state index in [1.807, 2.05) is 0 Å². The molecular formula is C20H13Cl2F4N3O4. The Labute approximate surface area is 193 Å². The van der Waals surface area contributed by atoms with Gasteiger partial charge in [0.1, 0.15) is 23.8 Å². The summed E-state index contributed by atoms with van der Waals surface area (Å²) in [5, 5.41) is 16.1. The second-order valence-electron chi connectivity index (χ2n) is 7.00. The van der Waals surface area contributed by atoms with Gasteiger partial charge in [0.15, 0.2) is 5.82 Å². The first-order chi connectivity index (χ1) is 15.5. The minimum Gasteiger partial charge on any atom is -0.495 e. The fourth-order valence-electron chi connectivity index (χ4n) is 3.63. The predicted molar refractivity (Wildman–Crippen MR) is 107 cm³/mol. The molecule has 2 aromatic carbocycles. The van der Waals surface area contributed by atoms with Crippen LogP contribution in [-0.4, -0.2) is 33.0 Å². The van der Waals surface area contributed by atoms with E-state index in [4.69, 9.17) is 32.7 Å². The molecule has 0 bridgehead atoms. The first-order valence-corrected chi connectivity index (χ1v) is 10.00. The van der Waals surface area contributed by atoms with Crippen molar-refractivity contribution >= 4 is 29.2 Å². The number of carbonyl (C=O) groups is 1. The number of benzene rings is 2. The summed E-state index contributed by atoms with van der Waals surface area (Å²) in [6, 6.07) is 6.17. The number of aromatic nitrogens is 3. The highest BCUT2D eigenvalue weighted by Crippen LogP contribution is 2.47. The summed E-state index contributed by atoms with van der Waals surface area (Å²) in [7, 11) is 1.30. The third-order valence-corrected chi connectivity index (χ3v) is 5.60. The van der Waals surface area contributed by atoms with Gasteiger partial charge in [-0.05, 0) is 30.3 Å².